The van der Waals surface area contributed by atoms with Gasteiger partial charge in [-0.3, -0.25) is 0 Å². The third-order valence-corrected chi connectivity index (χ3v) is 5.14. The molecule has 0 amide bonds. The zero-order valence-electron chi connectivity index (χ0n) is 17.1. The Kier molecular flexibility index (Phi) is 11.3. The van der Waals surface area contributed by atoms with Crippen molar-refractivity contribution in [2.24, 2.45) is 4.99 Å². The Morgan fingerprint density at radius 1 is 1.26 bits per heavy atom. The van der Waals surface area contributed by atoms with Crippen LogP contribution in [-0.4, -0.2) is 54.7 Å². The molecule has 2 unspecified atom stereocenters. The lowest BCUT2D eigenvalue weighted by Crippen LogP contribution is -2.42. The van der Waals surface area contributed by atoms with Gasteiger partial charge in [-0.1, -0.05) is 36.8 Å². The number of aliphatic hydroxyl groups is 1. The molecule has 0 aliphatic carbocycles. The molecule has 1 saturated heterocycles. The van der Waals surface area contributed by atoms with Crippen molar-refractivity contribution in [3.63, 3.8) is 0 Å². The van der Waals surface area contributed by atoms with Crippen molar-refractivity contribution in [1.29, 1.82) is 0 Å². The van der Waals surface area contributed by atoms with E-state index in [4.69, 9.17) is 0 Å². The summed E-state index contributed by atoms with van der Waals surface area (Å²) in [4.78, 5) is 7.18. The van der Waals surface area contributed by atoms with Gasteiger partial charge in [0.2, 0.25) is 0 Å². The lowest BCUT2D eigenvalue weighted by molar-refractivity contribution is 0.0672. The molecule has 154 valence electrons. The number of benzene rings is 1. The Balaban J connectivity index is 0.00000364. The van der Waals surface area contributed by atoms with Gasteiger partial charge in [0.05, 0.1) is 6.54 Å². The van der Waals surface area contributed by atoms with Gasteiger partial charge in [0.15, 0.2) is 5.96 Å². The lowest BCUT2D eigenvalue weighted by Gasteiger charge is -2.33. The van der Waals surface area contributed by atoms with Crippen LogP contribution in [0, 0.1) is 0 Å². The number of guanidine groups is 1. The molecule has 1 fully saturated rings. The van der Waals surface area contributed by atoms with E-state index in [2.05, 4.69) is 34.4 Å². The molecule has 5 nitrogen and oxygen atoms in total. The van der Waals surface area contributed by atoms with Crippen LogP contribution in [0.5, 0.6) is 0 Å². The minimum Gasteiger partial charge on any atom is -0.384 e. The van der Waals surface area contributed by atoms with Crippen LogP contribution >= 0.6 is 24.0 Å². The summed E-state index contributed by atoms with van der Waals surface area (Å²) in [6, 6.07) is 10.4. The largest absolute Gasteiger partial charge is 0.384 e. The Morgan fingerprint density at radius 2 is 2.00 bits per heavy atom. The smallest absolute Gasteiger partial charge is 0.191 e. The van der Waals surface area contributed by atoms with Gasteiger partial charge >= 0.3 is 0 Å². The Labute approximate surface area is 182 Å². The van der Waals surface area contributed by atoms with Gasteiger partial charge in [0, 0.05) is 25.7 Å². The standard InChI is InChI=1S/C21H36N4O.HI/c1-4-22-20(23-14-10-16-25-15-9-8-11-18(25)2)24-17-21(3,26)19-12-6-5-7-13-19;/h5-7,12-13,18,26H,4,8-11,14-17H2,1-3H3,(H2,22,23,24);1H. The number of halogens is 1. The van der Waals surface area contributed by atoms with E-state index in [-0.39, 0.29) is 24.0 Å². The number of nitrogens with one attached hydrogen (secondary N) is 2. The van der Waals surface area contributed by atoms with Gasteiger partial charge < -0.3 is 20.6 Å². The highest BCUT2D eigenvalue weighted by atomic mass is 127. The van der Waals surface area contributed by atoms with Gasteiger partial charge in [-0.15, -0.1) is 24.0 Å². The highest BCUT2D eigenvalue weighted by Gasteiger charge is 2.22. The fraction of sp³-hybridized carbons (Fsp3) is 0.667. The van der Waals surface area contributed by atoms with Crippen LogP contribution in [0.15, 0.2) is 35.3 Å². The maximum Gasteiger partial charge on any atom is 0.191 e. The summed E-state index contributed by atoms with van der Waals surface area (Å²) in [5.74, 6) is 0.774. The molecule has 0 spiro atoms. The van der Waals surface area contributed by atoms with Gasteiger partial charge in [0.1, 0.15) is 5.60 Å². The van der Waals surface area contributed by atoms with Crippen LogP contribution in [0.3, 0.4) is 0 Å². The number of piperidine rings is 1. The third kappa shape index (κ3) is 8.35. The minimum atomic E-state index is -0.965. The first-order valence-electron chi connectivity index (χ1n) is 10.1. The maximum atomic E-state index is 10.7. The van der Waals surface area contributed by atoms with Crippen LogP contribution in [0.4, 0.5) is 0 Å². The molecular formula is C21H37IN4O. The summed E-state index contributed by atoms with van der Waals surface area (Å²) < 4.78 is 0. The second-order valence-electron chi connectivity index (χ2n) is 7.50. The molecule has 27 heavy (non-hydrogen) atoms. The average molecular weight is 488 g/mol. The molecule has 2 atom stereocenters. The normalized spacial score (nSPS) is 20.4. The number of hydrogen-bond acceptors (Lipinski definition) is 3. The molecule has 0 radical (unpaired) electrons. The van der Waals surface area contributed by atoms with Crippen LogP contribution in [0.1, 0.15) is 52.0 Å². The van der Waals surface area contributed by atoms with E-state index < -0.39 is 5.60 Å². The number of nitrogens with zero attached hydrogens (tertiary/aromatic N) is 2. The quantitative estimate of drug-likeness (QED) is 0.228. The second-order valence-corrected chi connectivity index (χ2v) is 7.50. The predicted octanol–water partition coefficient (Wildman–Crippen LogP) is 3.33. The molecule has 1 heterocycles. The summed E-state index contributed by atoms with van der Waals surface area (Å²) in [5, 5.41) is 17.4. The molecule has 6 heteroatoms. The van der Waals surface area contributed by atoms with E-state index in [1.54, 1.807) is 0 Å². The molecule has 1 aliphatic heterocycles. The summed E-state index contributed by atoms with van der Waals surface area (Å²) >= 11 is 0. The number of rotatable bonds is 8. The van der Waals surface area contributed by atoms with Crippen LogP contribution in [-0.2, 0) is 5.60 Å². The van der Waals surface area contributed by atoms with Crippen LogP contribution < -0.4 is 10.6 Å². The van der Waals surface area contributed by atoms with E-state index in [1.807, 2.05) is 37.3 Å². The van der Waals surface area contributed by atoms with Gasteiger partial charge in [-0.25, -0.2) is 4.99 Å². The summed E-state index contributed by atoms with van der Waals surface area (Å²) in [7, 11) is 0. The van der Waals surface area contributed by atoms with E-state index >= 15 is 0 Å². The van der Waals surface area contributed by atoms with Crippen molar-refractivity contribution >= 4 is 29.9 Å². The Bertz CT molecular complexity index is 550. The number of aliphatic imine (C=N–C) groups is 1. The summed E-state index contributed by atoms with van der Waals surface area (Å²) in [6.07, 6.45) is 5.13. The zero-order valence-corrected chi connectivity index (χ0v) is 19.4. The van der Waals surface area contributed by atoms with Crippen molar-refractivity contribution in [1.82, 2.24) is 15.5 Å². The molecule has 1 aromatic carbocycles. The average Bonchev–Trinajstić information content (AvgIpc) is 2.65. The SMILES string of the molecule is CCNC(=NCC(C)(O)c1ccccc1)NCCCN1CCCCC1C.I. The van der Waals surface area contributed by atoms with Gasteiger partial charge in [0.25, 0.3) is 0 Å². The highest BCUT2D eigenvalue weighted by Crippen LogP contribution is 2.20. The van der Waals surface area contributed by atoms with E-state index in [1.165, 1.54) is 25.8 Å². The first-order valence-corrected chi connectivity index (χ1v) is 10.1. The molecule has 0 saturated carbocycles. The van der Waals surface area contributed by atoms with Crippen molar-refractivity contribution in [3.8, 4) is 0 Å². The fourth-order valence-electron chi connectivity index (χ4n) is 3.44. The molecular weight excluding hydrogens is 451 g/mol. The fourth-order valence-corrected chi connectivity index (χ4v) is 3.44. The van der Waals surface area contributed by atoms with Crippen molar-refractivity contribution in [2.45, 2.75) is 58.1 Å². The predicted molar refractivity (Wildman–Crippen MR) is 125 cm³/mol. The number of likely N-dealkylation sites (tertiary alicyclic amines) is 1. The molecule has 1 aliphatic rings. The Morgan fingerprint density at radius 3 is 2.67 bits per heavy atom. The maximum absolute atomic E-state index is 10.7. The van der Waals surface area contributed by atoms with E-state index in [0.29, 0.717) is 12.6 Å². The number of hydrogen-bond donors (Lipinski definition) is 3. The Hall–Kier alpha value is -0.860. The molecule has 0 bridgehead atoms. The van der Waals surface area contributed by atoms with E-state index in [9.17, 15) is 5.11 Å². The lowest BCUT2D eigenvalue weighted by atomic mass is 9.96. The third-order valence-electron chi connectivity index (χ3n) is 5.14. The topological polar surface area (TPSA) is 59.9 Å². The highest BCUT2D eigenvalue weighted by molar-refractivity contribution is 14.0. The monoisotopic (exact) mass is 488 g/mol. The van der Waals surface area contributed by atoms with E-state index in [0.717, 1.165) is 37.6 Å². The molecule has 2 rings (SSSR count). The van der Waals surface area contributed by atoms with Crippen LogP contribution in [0.2, 0.25) is 0 Å². The molecule has 1 aromatic rings. The first kappa shape index (κ1) is 24.2. The molecule has 3 N–H and O–H groups in total. The summed E-state index contributed by atoms with van der Waals surface area (Å²) in [6.45, 7) is 10.6. The zero-order chi connectivity index (χ0) is 18.8. The van der Waals surface area contributed by atoms with Gasteiger partial charge in [-0.05, 0) is 52.1 Å². The minimum absolute atomic E-state index is 0. The second kappa shape index (κ2) is 12.6. The van der Waals surface area contributed by atoms with Gasteiger partial charge in [-0.2, -0.15) is 0 Å². The van der Waals surface area contributed by atoms with Crippen molar-refractivity contribution in [2.75, 3.05) is 32.7 Å². The van der Waals surface area contributed by atoms with Crippen LogP contribution in [0.25, 0.3) is 0 Å². The van der Waals surface area contributed by atoms with Crippen molar-refractivity contribution < 1.29 is 5.11 Å². The first-order chi connectivity index (χ1) is 12.5. The molecule has 0 aromatic heterocycles. The summed E-state index contributed by atoms with van der Waals surface area (Å²) in [5.41, 5.74) is -0.0778. The van der Waals surface area contributed by atoms with Crippen molar-refractivity contribution in [3.05, 3.63) is 35.9 Å².